The van der Waals surface area contributed by atoms with E-state index in [9.17, 15) is 9.18 Å². The molecule has 0 fully saturated rings. The Morgan fingerprint density at radius 2 is 2.20 bits per heavy atom. The van der Waals surface area contributed by atoms with E-state index in [4.69, 9.17) is 0 Å². The number of rotatable bonds is 1. The van der Waals surface area contributed by atoms with Crippen molar-refractivity contribution >= 4 is 17.7 Å². The fraction of sp³-hybridized carbons (Fsp3) is 0.500. The van der Waals surface area contributed by atoms with Crippen LogP contribution in [0.1, 0.15) is 0 Å². The van der Waals surface area contributed by atoms with Crippen molar-refractivity contribution in [2.45, 2.75) is 0 Å². The van der Waals surface area contributed by atoms with Crippen molar-refractivity contribution in [3.8, 4) is 0 Å². The number of halogens is 1. The summed E-state index contributed by atoms with van der Waals surface area (Å²) in [6, 6.07) is 0. The predicted molar refractivity (Wildman–Crippen MR) is 18.6 cm³/mol. The van der Waals surface area contributed by atoms with Crippen molar-refractivity contribution in [2.75, 3.05) is 6.67 Å². The Hall–Kier alpha value is -0.180. The number of carbonyl (C=O) groups is 1. The van der Waals surface area contributed by atoms with Gasteiger partial charge in [0.25, 0.3) is 0 Å². The maximum atomic E-state index is 10.7. The molecule has 0 atom stereocenters. The van der Waals surface area contributed by atoms with Crippen LogP contribution in [-0.2, 0) is 4.79 Å². The molecule has 0 aromatic heterocycles. The molecule has 0 saturated carbocycles. The van der Waals surface area contributed by atoms with Gasteiger partial charge in [-0.1, -0.05) is 0 Å². The maximum Gasteiger partial charge on any atom is 0.249 e. The maximum absolute atomic E-state index is 10.7. The number of hydrogen-bond acceptors (Lipinski definition) is 1. The van der Waals surface area contributed by atoms with Crippen molar-refractivity contribution < 1.29 is 9.18 Å². The quantitative estimate of drug-likeness (QED) is 0.466. The molecule has 0 aromatic rings. The Kier molecular flexibility index (Phi) is 2.01. The van der Waals surface area contributed by atoms with E-state index < -0.39 is 11.8 Å². The van der Waals surface area contributed by atoms with Gasteiger partial charge < -0.3 is 0 Å². The van der Waals surface area contributed by atoms with Crippen LogP contribution in [0, 0.1) is 0 Å². The number of alkyl halides is 1. The Labute approximate surface area is 34.6 Å². The topological polar surface area (TPSA) is 17.1 Å². The molecule has 29 valence electrons. The van der Waals surface area contributed by atoms with Gasteiger partial charge in [0.2, 0.25) is 5.12 Å². The second-order valence-corrected chi connectivity index (χ2v) is 0.961. The van der Waals surface area contributed by atoms with E-state index in [1.165, 1.54) is 0 Å². The van der Waals surface area contributed by atoms with Gasteiger partial charge in [-0.15, -0.1) is 0 Å². The zero-order chi connectivity index (χ0) is 4.28. The second kappa shape index (κ2) is 2.08. The lowest BCUT2D eigenvalue weighted by molar-refractivity contribution is -0.111. The molecule has 1 nitrogen and oxygen atoms in total. The summed E-state index contributed by atoms with van der Waals surface area (Å²) < 4.78 is 10.7. The van der Waals surface area contributed by atoms with Gasteiger partial charge in [0.05, 0.1) is 0 Å². The second-order valence-electron chi connectivity index (χ2n) is 0.506. The summed E-state index contributed by atoms with van der Waals surface area (Å²) >= 11 is 3.77. The molecular formula is C2H2FOS. The van der Waals surface area contributed by atoms with Crippen LogP contribution >= 0.6 is 12.6 Å². The van der Waals surface area contributed by atoms with Gasteiger partial charge in [-0.25, -0.2) is 4.39 Å². The molecule has 1 radical (unpaired) electrons. The van der Waals surface area contributed by atoms with E-state index in [0.29, 0.717) is 0 Å². The lowest BCUT2D eigenvalue weighted by Gasteiger charge is -1.65. The Morgan fingerprint density at radius 3 is 2.20 bits per heavy atom. The number of carbonyl (C=O) groups excluding carboxylic acids is 1. The standard InChI is InChI=1S/C2H2FOS/c3-1-2(4)5/h1H2. The molecule has 0 heterocycles. The first-order valence-corrected chi connectivity index (χ1v) is 1.44. The summed E-state index contributed by atoms with van der Waals surface area (Å²) in [4.78, 5) is 9.25. The van der Waals surface area contributed by atoms with Crippen LogP contribution < -0.4 is 0 Å². The smallest absolute Gasteiger partial charge is 0.249 e. The van der Waals surface area contributed by atoms with Gasteiger partial charge in [-0.05, 0) is 12.6 Å². The highest BCUT2D eigenvalue weighted by Crippen LogP contribution is 1.74. The van der Waals surface area contributed by atoms with Crippen molar-refractivity contribution in [3.63, 3.8) is 0 Å². The summed E-state index contributed by atoms with van der Waals surface area (Å²) in [6.07, 6.45) is 0. The molecule has 0 unspecified atom stereocenters. The van der Waals surface area contributed by atoms with Crippen LogP contribution in [0.4, 0.5) is 4.39 Å². The van der Waals surface area contributed by atoms with Gasteiger partial charge in [0.15, 0.2) is 6.67 Å². The van der Waals surface area contributed by atoms with Crippen molar-refractivity contribution in [3.05, 3.63) is 0 Å². The summed E-state index contributed by atoms with van der Waals surface area (Å²) in [5.74, 6) is 0. The monoisotopic (exact) mass is 93.0 g/mol. The molecule has 0 saturated heterocycles. The van der Waals surface area contributed by atoms with Crippen LogP contribution in [0.25, 0.3) is 0 Å². The molecule has 0 rings (SSSR count). The first kappa shape index (κ1) is 4.82. The molecule has 0 aliphatic heterocycles. The highest BCUT2D eigenvalue weighted by Gasteiger charge is 1.85. The minimum atomic E-state index is -1.02. The van der Waals surface area contributed by atoms with Gasteiger partial charge in [-0.3, -0.25) is 4.79 Å². The zero-order valence-electron chi connectivity index (χ0n) is 2.40. The Morgan fingerprint density at radius 1 is 2.00 bits per heavy atom. The summed E-state index contributed by atoms with van der Waals surface area (Å²) in [7, 11) is 0. The summed E-state index contributed by atoms with van der Waals surface area (Å²) in [6.45, 7) is -1.02. The van der Waals surface area contributed by atoms with E-state index in [0.717, 1.165) is 0 Å². The first-order valence-electron chi connectivity index (χ1n) is 1.03. The SMILES string of the molecule is O=C([S])CF. The molecule has 0 aromatic carbocycles. The van der Waals surface area contributed by atoms with Crippen molar-refractivity contribution in [1.82, 2.24) is 0 Å². The van der Waals surface area contributed by atoms with Gasteiger partial charge in [-0.2, -0.15) is 0 Å². The van der Waals surface area contributed by atoms with Gasteiger partial charge >= 0.3 is 0 Å². The molecule has 3 heteroatoms. The van der Waals surface area contributed by atoms with E-state index in [-0.39, 0.29) is 0 Å². The minimum Gasteiger partial charge on any atom is -0.279 e. The third-order valence-corrected chi connectivity index (χ3v) is 0.218. The molecule has 0 N–H and O–H groups in total. The summed E-state index contributed by atoms with van der Waals surface area (Å²) in [5.41, 5.74) is 0. The largest absolute Gasteiger partial charge is 0.279 e. The number of hydrogen-bond donors (Lipinski definition) is 0. The Balaban J connectivity index is 2.85. The fourth-order valence-corrected chi connectivity index (χ4v) is 0. The van der Waals surface area contributed by atoms with E-state index in [1.807, 2.05) is 0 Å². The molecule has 0 aliphatic rings. The van der Waals surface area contributed by atoms with Crippen LogP contribution in [0.3, 0.4) is 0 Å². The van der Waals surface area contributed by atoms with Crippen LogP contribution in [0.5, 0.6) is 0 Å². The van der Waals surface area contributed by atoms with Crippen LogP contribution in [-0.4, -0.2) is 11.8 Å². The van der Waals surface area contributed by atoms with Crippen molar-refractivity contribution in [2.24, 2.45) is 0 Å². The van der Waals surface area contributed by atoms with E-state index >= 15 is 0 Å². The third kappa shape index (κ3) is 3.82. The fourth-order valence-electron chi connectivity index (χ4n) is 0. The molecule has 0 bridgehead atoms. The molecule has 0 spiro atoms. The lowest BCUT2D eigenvalue weighted by Crippen LogP contribution is -1.83. The van der Waals surface area contributed by atoms with Gasteiger partial charge in [0, 0.05) is 0 Å². The molecular weight excluding hydrogens is 91.1 g/mol. The van der Waals surface area contributed by atoms with Crippen LogP contribution in [0.15, 0.2) is 0 Å². The van der Waals surface area contributed by atoms with E-state index in [2.05, 4.69) is 12.6 Å². The highest BCUT2D eigenvalue weighted by molar-refractivity contribution is 7.96. The average Bonchev–Trinajstić information content (AvgIpc) is 1.38. The molecule has 0 aliphatic carbocycles. The Bertz CT molecular complexity index is 44.9. The third-order valence-electron chi connectivity index (χ3n) is 0.109. The lowest BCUT2D eigenvalue weighted by atomic mass is 10.9. The normalized spacial score (nSPS) is 7.40. The predicted octanol–water partition coefficient (Wildman–Crippen LogP) is 0.680. The van der Waals surface area contributed by atoms with Gasteiger partial charge in [0.1, 0.15) is 0 Å². The average molecular weight is 93.1 g/mol. The van der Waals surface area contributed by atoms with Crippen molar-refractivity contribution in [1.29, 1.82) is 0 Å². The first-order chi connectivity index (χ1) is 2.27. The molecule has 5 heavy (non-hydrogen) atoms. The molecule has 0 amide bonds. The summed E-state index contributed by atoms with van der Waals surface area (Å²) in [5, 5.41) is -0.829. The van der Waals surface area contributed by atoms with Crippen LogP contribution in [0.2, 0.25) is 0 Å². The van der Waals surface area contributed by atoms with E-state index in [1.54, 1.807) is 0 Å². The highest BCUT2D eigenvalue weighted by atomic mass is 32.1. The minimum absolute atomic E-state index is 0.829. The zero-order valence-corrected chi connectivity index (χ0v) is 3.22.